The van der Waals surface area contributed by atoms with Gasteiger partial charge in [-0.05, 0) is 36.2 Å². The summed E-state index contributed by atoms with van der Waals surface area (Å²) in [5.74, 6) is -0.193. The largest absolute Gasteiger partial charge is 0.348 e. The number of carbonyl (C=O) groups excluding carboxylic acids is 1. The van der Waals surface area contributed by atoms with E-state index in [0.29, 0.717) is 5.69 Å². The predicted octanol–water partition coefficient (Wildman–Crippen LogP) is 2.71. The highest BCUT2D eigenvalue weighted by Gasteiger charge is 2.38. The van der Waals surface area contributed by atoms with Crippen LogP contribution in [0, 0.1) is 10.8 Å². The molecule has 0 unspecified atom stereocenters. The zero-order chi connectivity index (χ0) is 15.0. The van der Waals surface area contributed by atoms with E-state index in [1.807, 2.05) is 0 Å². The van der Waals surface area contributed by atoms with Crippen molar-refractivity contribution in [2.24, 2.45) is 10.8 Å². The third kappa shape index (κ3) is 3.71. The van der Waals surface area contributed by atoms with Crippen molar-refractivity contribution < 1.29 is 4.79 Å². The number of aromatic amines is 1. The molecule has 0 spiro atoms. The molecule has 2 rings (SSSR count). The molecule has 0 saturated heterocycles. The highest BCUT2D eigenvalue weighted by molar-refractivity contribution is 5.92. The maximum atomic E-state index is 12.2. The molecule has 1 aromatic heterocycles. The van der Waals surface area contributed by atoms with Crippen LogP contribution in [0.1, 0.15) is 57.4 Å². The number of amides is 1. The van der Waals surface area contributed by atoms with Gasteiger partial charge in [0.15, 0.2) is 0 Å². The van der Waals surface area contributed by atoms with Crippen LogP contribution in [-0.2, 0) is 0 Å². The Morgan fingerprint density at radius 2 is 1.80 bits per heavy atom. The molecule has 0 bridgehead atoms. The van der Waals surface area contributed by atoms with Crippen LogP contribution >= 0.6 is 0 Å². The topological polar surface area (TPSA) is 62.0 Å². The summed E-state index contributed by atoms with van der Waals surface area (Å²) in [5.41, 5.74) is 0.536. The van der Waals surface area contributed by atoms with Gasteiger partial charge in [0.05, 0.1) is 0 Å². The van der Waals surface area contributed by atoms with Gasteiger partial charge in [-0.3, -0.25) is 9.59 Å². The smallest absolute Gasteiger partial charge is 0.268 e. The first kappa shape index (κ1) is 14.8. The normalized spacial score (nSPS) is 21.4. The summed E-state index contributed by atoms with van der Waals surface area (Å²) in [4.78, 5) is 26.0. The van der Waals surface area contributed by atoms with E-state index in [2.05, 4.69) is 38.0 Å². The zero-order valence-electron chi connectivity index (χ0n) is 12.7. The van der Waals surface area contributed by atoms with Gasteiger partial charge >= 0.3 is 0 Å². The summed E-state index contributed by atoms with van der Waals surface area (Å²) in [6, 6.07) is 4.80. The van der Waals surface area contributed by atoms with Crippen molar-refractivity contribution in [3.05, 3.63) is 34.2 Å². The summed E-state index contributed by atoms with van der Waals surface area (Å²) in [5, 5.41) is 3.06. The molecule has 1 fully saturated rings. The fourth-order valence-corrected chi connectivity index (χ4v) is 3.79. The van der Waals surface area contributed by atoms with Crippen molar-refractivity contribution >= 4 is 5.91 Å². The first-order valence-electron chi connectivity index (χ1n) is 7.17. The Kier molecular flexibility index (Phi) is 3.76. The highest BCUT2D eigenvalue weighted by Crippen LogP contribution is 2.45. The van der Waals surface area contributed by atoms with E-state index in [1.54, 1.807) is 12.1 Å². The lowest BCUT2D eigenvalue weighted by atomic mass is 9.63. The zero-order valence-corrected chi connectivity index (χ0v) is 12.7. The van der Waals surface area contributed by atoms with Gasteiger partial charge in [0.2, 0.25) is 5.56 Å². The quantitative estimate of drug-likeness (QED) is 0.872. The molecule has 4 nitrogen and oxygen atoms in total. The molecular formula is C16H24N2O2. The second kappa shape index (κ2) is 5.08. The van der Waals surface area contributed by atoms with Gasteiger partial charge in [-0.15, -0.1) is 0 Å². The number of carbonyl (C=O) groups is 1. The van der Waals surface area contributed by atoms with E-state index in [-0.39, 0.29) is 28.3 Å². The molecule has 1 aromatic rings. The second-order valence-corrected chi connectivity index (χ2v) is 7.51. The minimum absolute atomic E-state index is 0.157. The average molecular weight is 276 g/mol. The van der Waals surface area contributed by atoms with E-state index in [0.717, 1.165) is 19.3 Å². The molecular weight excluding hydrogens is 252 g/mol. The number of pyridine rings is 1. The minimum Gasteiger partial charge on any atom is -0.348 e. The van der Waals surface area contributed by atoms with Crippen LogP contribution in [0.3, 0.4) is 0 Å². The van der Waals surface area contributed by atoms with Crippen molar-refractivity contribution in [1.29, 1.82) is 0 Å². The Morgan fingerprint density at radius 1 is 1.20 bits per heavy atom. The van der Waals surface area contributed by atoms with Crippen LogP contribution in [0.5, 0.6) is 0 Å². The number of aromatic nitrogens is 1. The number of hydrogen-bond donors (Lipinski definition) is 2. The average Bonchev–Trinajstić information content (AvgIpc) is 2.24. The van der Waals surface area contributed by atoms with Gasteiger partial charge in [-0.25, -0.2) is 0 Å². The van der Waals surface area contributed by atoms with Gasteiger partial charge in [0.1, 0.15) is 5.69 Å². The fourth-order valence-electron chi connectivity index (χ4n) is 3.79. The molecule has 0 aliphatic heterocycles. The summed E-state index contributed by atoms with van der Waals surface area (Å²) < 4.78 is 0. The molecule has 20 heavy (non-hydrogen) atoms. The van der Waals surface area contributed by atoms with Gasteiger partial charge in [0, 0.05) is 12.1 Å². The number of hydrogen-bond acceptors (Lipinski definition) is 2. The predicted molar refractivity (Wildman–Crippen MR) is 79.7 cm³/mol. The van der Waals surface area contributed by atoms with Crippen molar-refractivity contribution in [3.63, 3.8) is 0 Å². The molecule has 4 heteroatoms. The fraction of sp³-hybridized carbons (Fsp3) is 0.625. The molecule has 1 aliphatic rings. The summed E-state index contributed by atoms with van der Waals surface area (Å²) >= 11 is 0. The minimum atomic E-state index is -0.248. The maximum absolute atomic E-state index is 12.2. The third-order valence-corrected chi connectivity index (χ3v) is 3.90. The monoisotopic (exact) mass is 276 g/mol. The first-order chi connectivity index (χ1) is 9.17. The molecule has 0 atom stereocenters. The van der Waals surface area contributed by atoms with Crippen LogP contribution in [0.25, 0.3) is 0 Å². The molecule has 1 heterocycles. The molecule has 1 saturated carbocycles. The lowest BCUT2D eigenvalue weighted by molar-refractivity contribution is 0.0710. The molecule has 110 valence electrons. The number of rotatable bonds is 2. The van der Waals surface area contributed by atoms with Gasteiger partial charge in [-0.1, -0.05) is 33.8 Å². The van der Waals surface area contributed by atoms with Crippen LogP contribution in [-0.4, -0.2) is 16.9 Å². The van der Waals surface area contributed by atoms with Gasteiger partial charge in [-0.2, -0.15) is 0 Å². The summed E-state index contributed by atoms with van der Waals surface area (Å²) in [6.45, 7) is 8.99. The third-order valence-electron chi connectivity index (χ3n) is 3.90. The Hall–Kier alpha value is -1.58. The van der Waals surface area contributed by atoms with Gasteiger partial charge in [0.25, 0.3) is 5.91 Å². The molecule has 1 amide bonds. The van der Waals surface area contributed by atoms with E-state index in [4.69, 9.17) is 0 Å². The lowest BCUT2D eigenvalue weighted by Gasteiger charge is -2.45. The van der Waals surface area contributed by atoms with E-state index < -0.39 is 0 Å². The lowest BCUT2D eigenvalue weighted by Crippen LogP contribution is -2.46. The van der Waals surface area contributed by atoms with Crippen LogP contribution in [0.15, 0.2) is 23.0 Å². The van der Waals surface area contributed by atoms with Crippen LogP contribution in [0.4, 0.5) is 0 Å². The van der Waals surface area contributed by atoms with E-state index in [1.165, 1.54) is 6.07 Å². The Balaban J connectivity index is 2.09. The molecule has 0 radical (unpaired) electrons. The van der Waals surface area contributed by atoms with E-state index >= 15 is 0 Å². The Morgan fingerprint density at radius 3 is 2.35 bits per heavy atom. The summed E-state index contributed by atoms with van der Waals surface area (Å²) in [7, 11) is 0. The summed E-state index contributed by atoms with van der Waals surface area (Å²) in [6.07, 6.45) is 3.10. The van der Waals surface area contributed by atoms with Crippen LogP contribution in [0.2, 0.25) is 0 Å². The second-order valence-electron chi connectivity index (χ2n) is 7.51. The maximum Gasteiger partial charge on any atom is 0.268 e. The van der Waals surface area contributed by atoms with Gasteiger partial charge < -0.3 is 10.3 Å². The first-order valence-corrected chi connectivity index (χ1v) is 7.17. The molecule has 1 aliphatic carbocycles. The van der Waals surface area contributed by atoms with Crippen LogP contribution < -0.4 is 10.9 Å². The number of H-pyrrole nitrogens is 1. The number of nitrogens with one attached hydrogen (secondary N) is 2. The SMILES string of the molecule is CC1(C)CC(NC(=O)c2cccc(=O)[nH]2)CC(C)(C)C1. The van der Waals surface area contributed by atoms with Crippen molar-refractivity contribution in [2.45, 2.75) is 53.0 Å². The van der Waals surface area contributed by atoms with E-state index in [9.17, 15) is 9.59 Å². The Bertz CT molecular complexity index is 542. The molecule has 0 aromatic carbocycles. The highest BCUT2D eigenvalue weighted by atomic mass is 16.2. The van der Waals surface area contributed by atoms with Crippen molar-refractivity contribution in [3.8, 4) is 0 Å². The molecule has 2 N–H and O–H groups in total. The Labute approximate surface area is 120 Å². The van der Waals surface area contributed by atoms with Crippen molar-refractivity contribution in [1.82, 2.24) is 10.3 Å². The van der Waals surface area contributed by atoms with Crippen molar-refractivity contribution in [2.75, 3.05) is 0 Å². The standard InChI is InChI=1S/C16H24N2O2/c1-15(2)8-11(9-16(3,4)10-15)17-14(20)12-6-5-7-13(19)18-12/h5-7,11H,8-10H2,1-4H3,(H,17,20)(H,18,19).